The van der Waals surface area contributed by atoms with Crippen molar-refractivity contribution in [2.24, 2.45) is 5.10 Å². The molecule has 0 fully saturated rings. The molecule has 1 aromatic carbocycles. The van der Waals surface area contributed by atoms with Crippen molar-refractivity contribution < 1.29 is 0 Å². The van der Waals surface area contributed by atoms with Crippen molar-refractivity contribution in [2.45, 2.75) is 17.8 Å². The molecule has 0 aliphatic carbocycles. The maximum atomic E-state index is 4.35. The molecule has 0 amide bonds. The van der Waals surface area contributed by atoms with E-state index in [0.29, 0.717) is 0 Å². The van der Waals surface area contributed by atoms with Gasteiger partial charge in [-0.15, -0.1) is 10.2 Å². The first-order chi connectivity index (χ1) is 10.8. The molecule has 6 heteroatoms. The van der Waals surface area contributed by atoms with Gasteiger partial charge in [0.25, 0.3) is 0 Å². The van der Waals surface area contributed by atoms with E-state index in [1.165, 1.54) is 11.1 Å². The summed E-state index contributed by atoms with van der Waals surface area (Å²) in [5.74, 6) is 0.831. The highest BCUT2D eigenvalue weighted by atomic mass is 32.2. The highest BCUT2D eigenvalue weighted by molar-refractivity contribution is 7.98. The third kappa shape index (κ3) is 3.79. The molecule has 110 valence electrons. The fourth-order valence-corrected chi connectivity index (χ4v) is 2.62. The number of aryl methyl sites for hydroxylation is 1. The first kappa shape index (κ1) is 14.5. The average Bonchev–Trinajstić information content (AvgIpc) is 3.01. The number of nitrogens with zero attached hydrogens (tertiary/aromatic N) is 5. The number of rotatable bonds is 5. The highest BCUT2D eigenvalue weighted by Crippen LogP contribution is 2.20. The van der Waals surface area contributed by atoms with E-state index in [2.05, 4.69) is 51.5 Å². The van der Waals surface area contributed by atoms with Gasteiger partial charge >= 0.3 is 0 Å². The molecule has 2 heterocycles. The molecule has 2 aromatic heterocycles. The van der Waals surface area contributed by atoms with Gasteiger partial charge in [0.05, 0.1) is 11.9 Å². The van der Waals surface area contributed by atoms with Crippen LogP contribution in [0.25, 0.3) is 0 Å². The molecule has 22 heavy (non-hydrogen) atoms. The van der Waals surface area contributed by atoms with Gasteiger partial charge < -0.3 is 0 Å². The Kier molecular flexibility index (Phi) is 4.60. The smallest absolute Gasteiger partial charge is 0.212 e. The Bertz CT molecular complexity index is 750. The Morgan fingerprint density at radius 3 is 2.82 bits per heavy atom. The van der Waals surface area contributed by atoms with E-state index in [-0.39, 0.29) is 0 Å². The van der Waals surface area contributed by atoms with Crippen molar-refractivity contribution in [2.75, 3.05) is 0 Å². The Morgan fingerprint density at radius 1 is 1.18 bits per heavy atom. The molecule has 0 spiro atoms. The average molecular weight is 309 g/mol. The van der Waals surface area contributed by atoms with Gasteiger partial charge in [-0.3, -0.25) is 4.98 Å². The number of pyridine rings is 1. The highest BCUT2D eigenvalue weighted by Gasteiger charge is 2.04. The Hall–Kier alpha value is -2.47. The minimum Gasteiger partial charge on any atom is -0.255 e. The predicted molar refractivity (Wildman–Crippen MR) is 88.0 cm³/mol. The van der Waals surface area contributed by atoms with Gasteiger partial charge in [-0.2, -0.15) is 9.78 Å². The van der Waals surface area contributed by atoms with Gasteiger partial charge in [0.15, 0.2) is 0 Å². The zero-order valence-electron chi connectivity index (χ0n) is 12.1. The fraction of sp³-hybridized carbons (Fsp3) is 0.125. The molecule has 3 rings (SSSR count). The van der Waals surface area contributed by atoms with Crippen molar-refractivity contribution in [1.29, 1.82) is 0 Å². The summed E-state index contributed by atoms with van der Waals surface area (Å²) in [6.45, 7) is 2.08. The van der Waals surface area contributed by atoms with Crippen LogP contribution in [0.4, 0.5) is 0 Å². The normalized spacial score (nSPS) is 11.1. The molecule has 0 radical (unpaired) electrons. The van der Waals surface area contributed by atoms with Crippen LogP contribution in [0.15, 0.2) is 65.2 Å². The molecular weight excluding hydrogens is 294 g/mol. The molecule has 0 aliphatic heterocycles. The van der Waals surface area contributed by atoms with Crippen molar-refractivity contribution in [3.05, 3.63) is 71.8 Å². The number of aromatic nitrogens is 4. The number of thioether (sulfide) groups is 1. The summed E-state index contributed by atoms with van der Waals surface area (Å²) < 4.78 is 1.66. The largest absolute Gasteiger partial charge is 0.255 e. The van der Waals surface area contributed by atoms with Gasteiger partial charge in [0.1, 0.15) is 6.33 Å². The van der Waals surface area contributed by atoms with Crippen LogP contribution in [-0.4, -0.2) is 26.1 Å². The van der Waals surface area contributed by atoms with E-state index in [0.717, 1.165) is 16.6 Å². The second-order valence-electron chi connectivity index (χ2n) is 4.73. The SMILES string of the molecule is Cc1ccc(CSc2nncn2/N=C\c2ccccn2)cc1. The van der Waals surface area contributed by atoms with E-state index in [9.17, 15) is 0 Å². The van der Waals surface area contributed by atoms with Crippen molar-refractivity contribution in [3.8, 4) is 0 Å². The second kappa shape index (κ2) is 7.00. The zero-order chi connectivity index (χ0) is 15.2. The molecule has 5 nitrogen and oxygen atoms in total. The maximum absolute atomic E-state index is 4.35. The first-order valence-electron chi connectivity index (χ1n) is 6.85. The van der Waals surface area contributed by atoms with Crippen LogP contribution >= 0.6 is 11.8 Å². The lowest BCUT2D eigenvalue weighted by molar-refractivity contribution is 0.766. The molecule has 0 unspecified atom stereocenters. The third-order valence-electron chi connectivity index (χ3n) is 2.99. The maximum Gasteiger partial charge on any atom is 0.212 e. The standard InChI is InChI=1S/C16H15N5S/c1-13-5-7-14(8-6-13)11-22-16-20-18-12-21(16)19-10-15-4-2-3-9-17-15/h2-10,12H,11H2,1H3/b19-10-. The minimum atomic E-state index is 0.757. The van der Waals surface area contributed by atoms with Crippen molar-refractivity contribution in [1.82, 2.24) is 19.9 Å². The Labute approximate surface area is 133 Å². The lowest BCUT2D eigenvalue weighted by Crippen LogP contribution is -1.94. The quantitative estimate of drug-likeness (QED) is 0.536. The summed E-state index contributed by atoms with van der Waals surface area (Å²) in [7, 11) is 0. The zero-order valence-corrected chi connectivity index (χ0v) is 12.9. The van der Waals surface area contributed by atoms with Crippen LogP contribution in [-0.2, 0) is 5.75 Å². The number of hydrogen-bond donors (Lipinski definition) is 0. The number of hydrogen-bond acceptors (Lipinski definition) is 5. The van der Waals surface area contributed by atoms with E-state index < -0.39 is 0 Å². The summed E-state index contributed by atoms with van der Waals surface area (Å²) in [6.07, 6.45) is 5.02. The molecule has 0 bridgehead atoms. The molecule has 0 N–H and O–H groups in total. The van der Waals surface area contributed by atoms with Gasteiger partial charge in [-0.05, 0) is 24.6 Å². The fourth-order valence-electron chi connectivity index (χ4n) is 1.80. The first-order valence-corrected chi connectivity index (χ1v) is 7.83. The van der Waals surface area contributed by atoms with E-state index >= 15 is 0 Å². The molecule has 0 saturated carbocycles. The lowest BCUT2D eigenvalue weighted by atomic mass is 10.2. The topological polar surface area (TPSA) is 56.0 Å². The molecule has 0 saturated heterocycles. The van der Waals surface area contributed by atoms with Gasteiger partial charge in [-0.25, -0.2) is 0 Å². The predicted octanol–water partition coefficient (Wildman–Crippen LogP) is 3.16. The molecule has 3 aromatic rings. The van der Waals surface area contributed by atoms with Crippen LogP contribution in [0.1, 0.15) is 16.8 Å². The van der Waals surface area contributed by atoms with E-state index in [1.807, 2.05) is 18.2 Å². The van der Waals surface area contributed by atoms with Crippen LogP contribution < -0.4 is 0 Å². The Balaban J connectivity index is 1.67. The van der Waals surface area contributed by atoms with Crippen LogP contribution in [0, 0.1) is 6.92 Å². The van der Waals surface area contributed by atoms with Crippen LogP contribution in [0.5, 0.6) is 0 Å². The van der Waals surface area contributed by atoms with Gasteiger partial charge in [0, 0.05) is 11.9 Å². The van der Waals surface area contributed by atoms with Crippen LogP contribution in [0.3, 0.4) is 0 Å². The summed E-state index contributed by atoms with van der Waals surface area (Å²) in [5.41, 5.74) is 3.31. The van der Waals surface area contributed by atoms with Gasteiger partial charge in [0.2, 0.25) is 5.16 Å². The summed E-state index contributed by atoms with van der Waals surface area (Å²) in [6, 6.07) is 14.2. The summed E-state index contributed by atoms with van der Waals surface area (Å²) in [5, 5.41) is 13.1. The summed E-state index contributed by atoms with van der Waals surface area (Å²) in [4.78, 5) is 4.20. The molecular formula is C16H15N5S. The van der Waals surface area contributed by atoms with Crippen molar-refractivity contribution in [3.63, 3.8) is 0 Å². The number of benzene rings is 1. The van der Waals surface area contributed by atoms with E-state index in [4.69, 9.17) is 0 Å². The monoisotopic (exact) mass is 309 g/mol. The minimum absolute atomic E-state index is 0.757. The van der Waals surface area contributed by atoms with Crippen LogP contribution in [0.2, 0.25) is 0 Å². The van der Waals surface area contributed by atoms with Crippen molar-refractivity contribution >= 4 is 18.0 Å². The molecule has 0 atom stereocenters. The Morgan fingerprint density at radius 2 is 2.05 bits per heavy atom. The second-order valence-corrected chi connectivity index (χ2v) is 5.67. The lowest BCUT2D eigenvalue weighted by Gasteiger charge is -2.02. The summed E-state index contributed by atoms with van der Waals surface area (Å²) >= 11 is 1.60. The van der Waals surface area contributed by atoms with Gasteiger partial charge in [-0.1, -0.05) is 47.7 Å². The van der Waals surface area contributed by atoms with E-state index in [1.54, 1.807) is 35.2 Å². The third-order valence-corrected chi connectivity index (χ3v) is 4.00. The molecule has 0 aliphatic rings.